The van der Waals surface area contributed by atoms with E-state index in [-0.39, 0.29) is 10.9 Å². The zero-order chi connectivity index (χ0) is 15.4. The molecule has 0 atom stereocenters. The Kier molecular flexibility index (Phi) is 4.55. The van der Waals surface area contributed by atoms with Crippen molar-refractivity contribution >= 4 is 34.5 Å². The van der Waals surface area contributed by atoms with Crippen LogP contribution in [0, 0.1) is 0 Å². The largest absolute Gasteiger partial charge is 0.389 e. The number of carbonyl (C=O) groups excluding carboxylic acids is 1. The summed E-state index contributed by atoms with van der Waals surface area (Å²) >= 11 is 4.99. The zero-order valence-corrected chi connectivity index (χ0v) is 12.8. The fraction of sp³-hybridized carbons (Fsp3) is 0.125. The topological polar surface area (TPSA) is 58.4 Å². The average molecular weight is 299 g/mol. The third kappa shape index (κ3) is 3.58. The second-order valence-electron chi connectivity index (χ2n) is 4.81. The van der Waals surface area contributed by atoms with Crippen LogP contribution in [-0.4, -0.2) is 25.0 Å². The maximum atomic E-state index is 12.3. The molecule has 3 N–H and O–H groups in total. The Morgan fingerprint density at radius 3 is 2.29 bits per heavy atom. The molecule has 4 nitrogen and oxygen atoms in total. The molecule has 0 saturated carbocycles. The van der Waals surface area contributed by atoms with E-state index in [1.165, 1.54) is 0 Å². The summed E-state index contributed by atoms with van der Waals surface area (Å²) in [5.74, 6) is -0.191. The average Bonchev–Trinajstić information content (AvgIpc) is 2.47. The summed E-state index contributed by atoms with van der Waals surface area (Å²) in [7, 11) is 3.90. The van der Waals surface area contributed by atoms with Crippen molar-refractivity contribution in [1.29, 1.82) is 0 Å². The molecule has 0 spiro atoms. The minimum Gasteiger partial charge on any atom is -0.389 e. The molecule has 0 bridgehead atoms. The molecule has 108 valence electrons. The van der Waals surface area contributed by atoms with E-state index in [9.17, 15) is 4.79 Å². The second-order valence-corrected chi connectivity index (χ2v) is 5.25. The van der Waals surface area contributed by atoms with Gasteiger partial charge in [-0.1, -0.05) is 24.4 Å². The molecule has 21 heavy (non-hydrogen) atoms. The molecule has 0 heterocycles. The number of benzene rings is 2. The summed E-state index contributed by atoms with van der Waals surface area (Å²) in [5.41, 5.74) is 8.55. The van der Waals surface area contributed by atoms with Gasteiger partial charge in [0.2, 0.25) is 0 Å². The molecule has 0 saturated heterocycles. The minimum atomic E-state index is -0.191. The molecular formula is C16H17N3OS. The van der Waals surface area contributed by atoms with Crippen molar-refractivity contribution in [3.8, 4) is 0 Å². The summed E-state index contributed by atoms with van der Waals surface area (Å²) in [6.07, 6.45) is 0. The SMILES string of the molecule is CN(C)c1ccc(C(=O)Nc2ccccc2C(N)=S)cc1. The smallest absolute Gasteiger partial charge is 0.255 e. The fourth-order valence-corrected chi connectivity index (χ4v) is 2.09. The molecule has 2 aromatic rings. The van der Waals surface area contributed by atoms with Gasteiger partial charge in [0.1, 0.15) is 4.99 Å². The van der Waals surface area contributed by atoms with Crippen LogP contribution in [0.5, 0.6) is 0 Å². The van der Waals surface area contributed by atoms with Gasteiger partial charge in [0.25, 0.3) is 5.91 Å². The molecule has 1 amide bonds. The van der Waals surface area contributed by atoms with Crippen LogP contribution >= 0.6 is 12.2 Å². The quantitative estimate of drug-likeness (QED) is 0.852. The van der Waals surface area contributed by atoms with Crippen molar-refractivity contribution in [2.75, 3.05) is 24.3 Å². The Morgan fingerprint density at radius 2 is 1.71 bits per heavy atom. The molecule has 0 radical (unpaired) electrons. The highest BCUT2D eigenvalue weighted by atomic mass is 32.1. The summed E-state index contributed by atoms with van der Waals surface area (Å²) in [6.45, 7) is 0. The van der Waals surface area contributed by atoms with Crippen LogP contribution in [0.4, 0.5) is 11.4 Å². The lowest BCUT2D eigenvalue weighted by Gasteiger charge is -2.13. The summed E-state index contributed by atoms with van der Waals surface area (Å²) in [5, 5.41) is 2.84. The Balaban J connectivity index is 2.20. The number of hydrogen-bond donors (Lipinski definition) is 2. The van der Waals surface area contributed by atoms with Gasteiger partial charge in [-0.3, -0.25) is 4.79 Å². The van der Waals surface area contributed by atoms with Crippen LogP contribution in [0.15, 0.2) is 48.5 Å². The lowest BCUT2D eigenvalue weighted by atomic mass is 10.1. The van der Waals surface area contributed by atoms with Crippen molar-refractivity contribution in [3.63, 3.8) is 0 Å². The van der Waals surface area contributed by atoms with Gasteiger partial charge in [0.15, 0.2) is 0 Å². The fourth-order valence-electron chi connectivity index (χ4n) is 1.91. The van der Waals surface area contributed by atoms with Crippen LogP contribution in [0.2, 0.25) is 0 Å². The Bertz CT molecular complexity index is 665. The lowest BCUT2D eigenvalue weighted by molar-refractivity contribution is 0.102. The van der Waals surface area contributed by atoms with Gasteiger partial charge in [0.05, 0.1) is 5.69 Å². The van der Waals surface area contributed by atoms with E-state index in [1.54, 1.807) is 24.3 Å². The first-order valence-corrected chi connectivity index (χ1v) is 6.87. The number of thiocarbonyl (C=S) groups is 1. The Labute approximate surface area is 129 Å². The van der Waals surface area contributed by atoms with Crippen molar-refractivity contribution in [1.82, 2.24) is 0 Å². The van der Waals surface area contributed by atoms with Gasteiger partial charge in [-0.2, -0.15) is 0 Å². The Morgan fingerprint density at radius 1 is 1.10 bits per heavy atom. The monoisotopic (exact) mass is 299 g/mol. The predicted octanol–water partition coefficient (Wildman–Crippen LogP) is 2.64. The van der Waals surface area contributed by atoms with Gasteiger partial charge >= 0.3 is 0 Å². The lowest BCUT2D eigenvalue weighted by Crippen LogP contribution is -2.17. The highest BCUT2D eigenvalue weighted by Crippen LogP contribution is 2.17. The zero-order valence-electron chi connectivity index (χ0n) is 12.0. The highest BCUT2D eigenvalue weighted by Gasteiger charge is 2.10. The maximum Gasteiger partial charge on any atom is 0.255 e. The van der Waals surface area contributed by atoms with E-state index in [2.05, 4.69) is 5.32 Å². The third-order valence-electron chi connectivity index (χ3n) is 3.09. The molecule has 0 aromatic heterocycles. The van der Waals surface area contributed by atoms with Crippen LogP contribution in [-0.2, 0) is 0 Å². The molecule has 0 aliphatic rings. The van der Waals surface area contributed by atoms with E-state index in [0.717, 1.165) is 5.69 Å². The first-order chi connectivity index (χ1) is 9.99. The van der Waals surface area contributed by atoms with Gasteiger partial charge in [-0.15, -0.1) is 0 Å². The molecule has 2 rings (SSSR count). The molecular weight excluding hydrogens is 282 g/mol. The van der Waals surface area contributed by atoms with Crippen molar-refractivity contribution in [3.05, 3.63) is 59.7 Å². The van der Waals surface area contributed by atoms with Crippen molar-refractivity contribution in [2.24, 2.45) is 5.73 Å². The minimum absolute atomic E-state index is 0.191. The number of amides is 1. The molecule has 0 fully saturated rings. The number of hydrogen-bond acceptors (Lipinski definition) is 3. The van der Waals surface area contributed by atoms with Crippen molar-refractivity contribution < 1.29 is 4.79 Å². The number of anilines is 2. The molecule has 2 aromatic carbocycles. The number of nitrogens with one attached hydrogen (secondary N) is 1. The summed E-state index contributed by atoms with van der Waals surface area (Å²) in [6, 6.07) is 14.6. The van der Waals surface area contributed by atoms with E-state index in [0.29, 0.717) is 16.8 Å². The maximum absolute atomic E-state index is 12.3. The number of para-hydroxylation sites is 1. The van der Waals surface area contributed by atoms with Crippen LogP contribution in [0.3, 0.4) is 0 Å². The van der Waals surface area contributed by atoms with Gasteiger partial charge in [0, 0.05) is 30.9 Å². The summed E-state index contributed by atoms with van der Waals surface area (Å²) < 4.78 is 0. The highest BCUT2D eigenvalue weighted by molar-refractivity contribution is 7.80. The third-order valence-corrected chi connectivity index (χ3v) is 3.31. The van der Waals surface area contributed by atoms with Crippen LogP contribution in [0.25, 0.3) is 0 Å². The van der Waals surface area contributed by atoms with E-state index in [4.69, 9.17) is 18.0 Å². The molecule has 5 heteroatoms. The van der Waals surface area contributed by atoms with Gasteiger partial charge in [-0.05, 0) is 36.4 Å². The summed E-state index contributed by atoms with van der Waals surface area (Å²) in [4.78, 5) is 14.5. The standard InChI is InChI=1S/C16H17N3OS/c1-19(2)12-9-7-11(8-10-12)16(20)18-14-6-4-3-5-13(14)15(17)21/h3-10H,1-2H3,(H2,17,21)(H,18,20). The molecule has 0 aliphatic carbocycles. The Hall–Kier alpha value is -2.40. The number of nitrogens with zero attached hydrogens (tertiary/aromatic N) is 1. The van der Waals surface area contributed by atoms with E-state index >= 15 is 0 Å². The van der Waals surface area contributed by atoms with Crippen LogP contribution in [0.1, 0.15) is 15.9 Å². The van der Waals surface area contributed by atoms with Gasteiger partial charge < -0.3 is 16.0 Å². The molecule has 0 unspecified atom stereocenters. The van der Waals surface area contributed by atoms with E-state index < -0.39 is 0 Å². The number of nitrogens with two attached hydrogens (primary N) is 1. The normalized spacial score (nSPS) is 10.0. The van der Waals surface area contributed by atoms with Gasteiger partial charge in [-0.25, -0.2) is 0 Å². The van der Waals surface area contributed by atoms with E-state index in [1.807, 2.05) is 43.3 Å². The second kappa shape index (κ2) is 6.37. The number of rotatable bonds is 4. The number of carbonyl (C=O) groups is 1. The van der Waals surface area contributed by atoms with Crippen LogP contribution < -0.4 is 16.0 Å². The first kappa shape index (κ1) is 15.0. The first-order valence-electron chi connectivity index (χ1n) is 6.46. The van der Waals surface area contributed by atoms with Crippen molar-refractivity contribution in [2.45, 2.75) is 0 Å². The molecule has 0 aliphatic heterocycles. The predicted molar refractivity (Wildman–Crippen MR) is 91.1 cm³/mol.